The smallest absolute Gasteiger partial charge is 0.252 e. The number of amides is 1. The van der Waals surface area contributed by atoms with Gasteiger partial charge in [-0.25, -0.2) is 4.39 Å². The number of nitrogens with one attached hydrogen (secondary N) is 1. The van der Waals surface area contributed by atoms with Crippen LogP contribution < -0.4 is 5.32 Å². The van der Waals surface area contributed by atoms with Gasteiger partial charge in [0, 0.05) is 24.7 Å². The fourth-order valence-electron chi connectivity index (χ4n) is 1.39. The van der Waals surface area contributed by atoms with E-state index in [9.17, 15) is 9.18 Å². The van der Waals surface area contributed by atoms with Gasteiger partial charge in [-0.15, -0.1) is 0 Å². The fraction of sp³-hybridized carbons (Fsp3) is 0.462. The quantitative estimate of drug-likeness (QED) is 0.743. The highest BCUT2D eigenvalue weighted by Gasteiger charge is 2.09. The third-order valence-electron chi connectivity index (χ3n) is 2.36. The predicted molar refractivity (Wildman–Crippen MR) is 73.7 cm³/mol. The molecule has 4 nitrogen and oxygen atoms in total. The van der Waals surface area contributed by atoms with E-state index in [-0.39, 0.29) is 11.7 Å². The molecular formula is C13H17BrFNO3. The summed E-state index contributed by atoms with van der Waals surface area (Å²) in [5.74, 6) is -0.612. The lowest BCUT2D eigenvalue weighted by Gasteiger charge is -2.07. The van der Waals surface area contributed by atoms with Crippen molar-refractivity contribution in [2.24, 2.45) is 0 Å². The Balaban J connectivity index is 2.24. The van der Waals surface area contributed by atoms with Crippen molar-refractivity contribution in [3.63, 3.8) is 0 Å². The van der Waals surface area contributed by atoms with Gasteiger partial charge < -0.3 is 14.8 Å². The van der Waals surface area contributed by atoms with Crippen LogP contribution in [0.25, 0.3) is 0 Å². The van der Waals surface area contributed by atoms with Crippen LogP contribution in [0.2, 0.25) is 0 Å². The van der Waals surface area contributed by atoms with E-state index >= 15 is 0 Å². The van der Waals surface area contributed by atoms with Crippen LogP contribution in [0.15, 0.2) is 22.7 Å². The molecule has 19 heavy (non-hydrogen) atoms. The van der Waals surface area contributed by atoms with Gasteiger partial charge in [0.1, 0.15) is 5.82 Å². The zero-order chi connectivity index (χ0) is 14.1. The highest BCUT2D eigenvalue weighted by Crippen LogP contribution is 2.17. The van der Waals surface area contributed by atoms with Crippen LogP contribution in [0.4, 0.5) is 4.39 Å². The number of carbonyl (C=O) groups excluding carboxylic acids is 1. The number of hydrogen-bond acceptors (Lipinski definition) is 3. The Kier molecular flexibility index (Phi) is 7.62. The normalized spacial score (nSPS) is 10.5. The second-order valence-corrected chi connectivity index (χ2v) is 4.69. The molecule has 6 heteroatoms. The van der Waals surface area contributed by atoms with Gasteiger partial charge in [-0.2, -0.15) is 0 Å². The molecule has 0 fully saturated rings. The van der Waals surface area contributed by atoms with E-state index in [0.29, 0.717) is 42.8 Å². The van der Waals surface area contributed by atoms with E-state index in [2.05, 4.69) is 21.2 Å². The first-order chi connectivity index (χ1) is 9.15. The molecule has 1 aromatic rings. The number of methoxy groups -OCH3 is 1. The molecule has 0 atom stereocenters. The molecule has 1 aromatic carbocycles. The first kappa shape index (κ1) is 16.1. The van der Waals surface area contributed by atoms with Gasteiger partial charge in [0.05, 0.1) is 18.8 Å². The van der Waals surface area contributed by atoms with Gasteiger partial charge in [0.25, 0.3) is 5.91 Å². The van der Waals surface area contributed by atoms with Crippen molar-refractivity contribution >= 4 is 21.8 Å². The summed E-state index contributed by atoms with van der Waals surface area (Å²) in [5.41, 5.74) is 0.418. The maximum atomic E-state index is 12.9. The molecule has 0 saturated carbocycles. The molecule has 0 bridgehead atoms. The third-order valence-corrected chi connectivity index (χ3v) is 3.01. The van der Waals surface area contributed by atoms with Gasteiger partial charge in [-0.3, -0.25) is 4.79 Å². The molecule has 0 aliphatic rings. The largest absolute Gasteiger partial charge is 0.382 e. The SMILES string of the molecule is COCCOCCCNC(=O)c1ccc(F)cc1Br. The maximum absolute atomic E-state index is 12.9. The Labute approximate surface area is 120 Å². The van der Waals surface area contributed by atoms with Crippen LogP contribution in [-0.2, 0) is 9.47 Å². The summed E-state index contributed by atoms with van der Waals surface area (Å²) in [6.07, 6.45) is 0.717. The first-order valence-corrected chi connectivity index (χ1v) is 6.74. The van der Waals surface area contributed by atoms with Crippen LogP contribution in [0.1, 0.15) is 16.8 Å². The highest BCUT2D eigenvalue weighted by molar-refractivity contribution is 9.10. The number of benzene rings is 1. The molecule has 0 unspecified atom stereocenters. The third kappa shape index (κ3) is 6.13. The molecule has 0 aliphatic carbocycles. The second-order valence-electron chi connectivity index (χ2n) is 3.84. The summed E-state index contributed by atoms with van der Waals surface area (Å²) in [4.78, 5) is 11.8. The lowest BCUT2D eigenvalue weighted by molar-refractivity contribution is 0.0688. The van der Waals surface area contributed by atoms with Crippen LogP contribution in [0, 0.1) is 5.82 Å². The molecule has 1 amide bonds. The number of hydrogen-bond donors (Lipinski definition) is 1. The van der Waals surface area contributed by atoms with Crippen LogP contribution >= 0.6 is 15.9 Å². The molecule has 1 rings (SSSR count). The minimum atomic E-state index is -0.380. The molecule has 1 N–H and O–H groups in total. The predicted octanol–water partition coefficient (Wildman–Crippen LogP) is 2.37. The Morgan fingerprint density at radius 1 is 1.37 bits per heavy atom. The van der Waals surface area contributed by atoms with Crippen molar-refractivity contribution in [3.05, 3.63) is 34.1 Å². The van der Waals surface area contributed by atoms with Crippen molar-refractivity contribution < 1.29 is 18.7 Å². The molecule has 0 heterocycles. The zero-order valence-electron chi connectivity index (χ0n) is 10.7. The maximum Gasteiger partial charge on any atom is 0.252 e. The molecule has 0 aliphatic heterocycles. The number of halogens is 2. The summed E-state index contributed by atoms with van der Waals surface area (Å²) in [6, 6.07) is 3.97. The summed E-state index contributed by atoms with van der Waals surface area (Å²) in [6.45, 7) is 2.19. The highest BCUT2D eigenvalue weighted by atomic mass is 79.9. The molecule has 106 valence electrons. The van der Waals surface area contributed by atoms with Crippen molar-refractivity contribution in [1.82, 2.24) is 5.32 Å². The van der Waals surface area contributed by atoms with E-state index < -0.39 is 0 Å². The van der Waals surface area contributed by atoms with E-state index in [0.717, 1.165) is 0 Å². The summed E-state index contributed by atoms with van der Waals surface area (Å²) in [7, 11) is 1.62. The Bertz CT molecular complexity index is 415. The van der Waals surface area contributed by atoms with Crippen molar-refractivity contribution in [2.75, 3.05) is 33.5 Å². The lowest BCUT2D eigenvalue weighted by Crippen LogP contribution is -2.25. The topological polar surface area (TPSA) is 47.6 Å². The van der Waals surface area contributed by atoms with Gasteiger partial charge >= 0.3 is 0 Å². The summed E-state index contributed by atoms with van der Waals surface area (Å²) in [5, 5.41) is 2.75. The van der Waals surface area contributed by atoms with E-state index in [1.54, 1.807) is 7.11 Å². The molecular weight excluding hydrogens is 317 g/mol. The Hall–Kier alpha value is -0.980. The summed E-state index contributed by atoms with van der Waals surface area (Å²) < 4.78 is 23.4. The average molecular weight is 334 g/mol. The van der Waals surface area contributed by atoms with Crippen LogP contribution in [-0.4, -0.2) is 39.4 Å². The van der Waals surface area contributed by atoms with Crippen molar-refractivity contribution in [3.8, 4) is 0 Å². The second kappa shape index (κ2) is 9.01. The van der Waals surface area contributed by atoms with Gasteiger partial charge in [-0.05, 0) is 40.5 Å². The van der Waals surface area contributed by atoms with Gasteiger partial charge in [0.2, 0.25) is 0 Å². The van der Waals surface area contributed by atoms with E-state index in [1.807, 2.05) is 0 Å². The minimum Gasteiger partial charge on any atom is -0.382 e. The van der Waals surface area contributed by atoms with E-state index in [4.69, 9.17) is 9.47 Å². The molecule has 0 spiro atoms. The standard InChI is InChI=1S/C13H17BrFNO3/c1-18-7-8-19-6-2-5-16-13(17)11-4-3-10(15)9-12(11)14/h3-4,9H,2,5-8H2,1H3,(H,16,17). The summed E-state index contributed by atoms with van der Waals surface area (Å²) >= 11 is 3.16. The minimum absolute atomic E-state index is 0.233. The fourth-order valence-corrected chi connectivity index (χ4v) is 1.92. The monoisotopic (exact) mass is 333 g/mol. The number of rotatable bonds is 8. The van der Waals surface area contributed by atoms with Gasteiger partial charge in [0.15, 0.2) is 0 Å². The van der Waals surface area contributed by atoms with Crippen LogP contribution in [0.3, 0.4) is 0 Å². The van der Waals surface area contributed by atoms with Crippen LogP contribution in [0.5, 0.6) is 0 Å². The molecule has 0 saturated heterocycles. The van der Waals surface area contributed by atoms with E-state index in [1.165, 1.54) is 18.2 Å². The average Bonchev–Trinajstić information content (AvgIpc) is 2.37. The Morgan fingerprint density at radius 2 is 2.16 bits per heavy atom. The lowest BCUT2D eigenvalue weighted by atomic mass is 10.2. The van der Waals surface area contributed by atoms with Crippen molar-refractivity contribution in [2.45, 2.75) is 6.42 Å². The number of ether oxygens (including phenoxy) is 2. The number of carbonyl (C=O) groups is 1. The molecule has 0 radical (unpaired) electrons. The van der Waals surface area contributed by atoms with Crippen molar-refractivity contribution in [1.29, 1.82) is 0 Å². The molecule has 0 aromatic heterocycles. The van der Waals surface area contributed by atoms with Gasteiger partial charge in [-0.1, -0.05) is 0 Å². The zero-order valence-corrected chi connectivity index (χ0v) is 12.3. The first-order valence-electron chi connectivity index (χ1n) is 5.95. The Morgan fingerprint density at radius 3 is 2.84 bits per heavy atom.